The lowest BCUT2D eigenvalue weighted by molar-refractivity contribution is 0.174. The van der Waals surface area contributed by atoms with E-state index in [0.29, 0.717) is 17.6 Å². The van der Waals surface area contributed by atoms with Gasteiger partial charge in [0.05, 0.1) is 0 Å². The first-order chi connectivity index (χ1) is 9.67. The van der Waals surface area contributed by atoms with Crippen LogP contribution in [-0.4, -0.2) is 11.8 Å². The summed E-state index contributed by atoms with van der Waals surface area (Å²) in [6, 6.07) is 5.31. The van der Waals surface area contributed by atoms with Crippen molar-refractivity contribution in [3.05, 3.63) is 35.9 Å². The Morgan fingerprint density at radius 3 is 2.75 bits per heavy atom. The van der Waals surface area contributed by atoms with Crippen LogP contribution in [0.5, 0.6) is 23.1 Å². The quantitative estimate of drug-likeness (QED) is 0.663. The largest absolute Gasteiger partial charge is 0.454 e. The highest BCUT2D eigenvalue weighted by Crippen LogP contribution is 2.36. The summed E-state index contributed by atoms with van der Waals surface area (Å²) >= 11 is 0. The van der Waals surface area contributed by atoms with E-state index < -0.39 is 17.5 Å². The lowest BCUT2D eigenvalue weighted by atomic mass is 10.3. The normalized spacial score (nSPS) is 12.3. The van der Waals surface area contributed by atoms with Crippen LogP contribution in [0.15, 0.2) is 24.3 Å². The molecule has 1 aliphatic heterocycles. The van der Waals surface area contributed by atoms with Crippen LogP contribution < -0.4 is 25.5 Å². The summed E-state index contributed by atoms with van der Waals surface area (Å²) in [6.45, 7) is 0.114. The number of nitrogen functional groups attached to an aromatic ring is 1. The SMILES string of the molecule is NNc1nc(Oc2ccc3c(c2)OCO3)c(F)cc1F. The van der Waals surface area contributed by atoms with Gasteiger partial charge in [-0.3, -0.25) is 0 Å². The van der Waals surface area contributed by atoms with Crippen LogP contribution in [-0.2, 0) is 0 Å². The highest BCUT2D eigenvalue weighted by Gasteiger charge is 2.17. The van der Waals surface area contributed by atoms with Crippen molar-refractivity contribution in [2.24, 2.45) is 5.84 Å². The molecule has 0 amide bonds. The number of nitrogens with two attached hydrogens (primary N) is 1. The highest BCUT2D eigenvalue weighted by atomic mass is 19.1. The van der Waals surface area contributed by atoms with Crippen LogP contribution in [0.3, 0.4) is 0 Å². The molecule has 8 heteroatoms. The molecule has 0 saturated heterocycles. The average Bonchev–Trinajstić information content (AvgIpc) is 2.89. The third-order valence-electron chi connectivity index (χ3n) is 2.59. The number of fused-ring (bicyclic) bond motifs is 1. The van der Waals surface area contributed by atoms with E-state index in [-0.39, 0.29) is 18.4 Å². The summed E-state index contributed by atoms with van der Waals surface area (Å²) in [5, 5.41) is 0. The van der Waals surface area contributed by atoms with Crippen LogP contribution in [0.4, 0.5) is 14.6 Å². The maximum absolute atomic E-state index is 13.6. The smallest absolute Gasteiger partial charge is 0.258 e. The lowest BCUT2D eigenvalue weighted by Gasteiger charge is -2.08. The van der Waals surface area contributed by atoms with Crippen LogP contribution >= 0.6 is 0 Å². The van der Waals surface area contributed by atoms with Crippen LogP contribution in [0.1, 0.15) is 0 Å². The van der Waals surface area contributed by atoms with Crippen LogP contribution in [0.25, 0.3) is 0 Å². The molecule has 0 fully saturated rings. The minimum absolute atomic E-state index is 0.114. The van der Waals surface area contributed by atoms with Crippen molar-refractivity contribution in [3.8, 4) is 23.1 Å². The number of ether oxygens (including phenoxy) is 3. The molecule has 0 saturated carbocycles. The average molecular weight is 281 g/mol. The molecule has 104 valence electrons. The van der Waals surface area contributed by atoms with Crippen LogP contribution in [0.2, 0.25) is 0 Å². The highest BCUT2D eigenvalue weighted by molar-refractivity contribution is 5.48. The zero-order valence-corrected chi connectivity index (χ0v) is 10.0. The molecule has 1 aromatic carbocycles. The van der Waals surface area contributed by atoms with Gasteiger partial charge in [0.25, 0.3) is 5.88 Å². The summed E-state index contributed by atoms with van der Waals surface area (Å²) in [5.74, 6) is 3.80. The number of aromatic nitrogens is 1. The molecule has 1 aromatic heterocycles. The Kier molecular flexibility index (Phi) is 2.99. The molecule has 2 heterocycles. The van der Waals surface area contributed by atoms with Crippen molar-refractivity contribution >= 4 is 5.82 Å². The second-order valence-corrected chi connectivity index (χ2v) is 3.87. The molecular formula is C12H9F2N3O3. The van der Waals surface area contributed by atoms with Gasteiger partial charge in [0.1, 0.15) is 5.75 Å². The summed E-state index contributed by atoms with van der Waals surface area (Å²) < 4.78 is 42.3. The third-order valence-corrected chi connectivity index (χ3v) is 2.59. The van der Waals surface area contributed by atoms with Gasteiger partial charge < -0.3 is 19.6 Å². The third kappa shape index (κ3) is 2.16. The van der Waals surface area contributed by atoms with Gasteiger partial charge in [-0.2, -0.15) is 4.98 Å². The monoisotopic (exact) mass is 281 g/mol. The number of halogens is 2. The summed E-state index contributed by atoms with van der Waals surface area (Å²) in [4.78, 5) is 3.60. The lowest BCUT2D eigenvalue weighted by Crippen LogP contribution is -2.11. The molecule has 3 rings (SSSR count). The van der Waals surface area contributed by atoms with Crippen molar-refractivity contribution in [2.45, 2.75) is 0 Å². The van der Waals surface area contributed by atoms with E-state index in [9.17, 15) is 8.78 Å². The first kappa shape index (κ1) is 12.4. The molecule has 3 N–H and O–H groups in total. The van der Waals surface area contributed by atoms with Crippen molar-refractivity contribution in [1.29, 1.82) is 0 Å². The van der Waals surface area contributed by atoms with Gasteiger partial charge in [-0.15, -0.1) is 0 Å². The number of rotatable bonds is 3. The Balaban J connectivity index is 1.91. The van der Waals surface area contributed by atoms with E-state index in [1.165, 1.54) is 6.07 Å². The molecule has 0 spiro atoms. The molecule has 0 unspecified atom stereocenters. The first-order valence-electron chi connectivity index (χ1n) is 5.57. The Morgan fingerprint density at radius 1 is 1.15 bits per heavy atom. The second-order valence-electron chi connectivity index (χ2n) is 3.87. The number of nitrogens with zero attached hydrogens (tertiary/aromatic N) is 1. The van der Waals surface area contributed by atoms with E-state index in [0.717, 1.165) is 0 Å². The van der Waals surface area contributed by atoms with Crippen LogP contribution in [0, 0.1) is 11.6 Å². The maximum Gasteiger partial charge on any atom is 0.258 e. The van der Waals surface area contributed by atoms with Gasteiger partial charge >= 0.3 is 0 Å². The Morgan fingerprint density at radius 2 is 1.95 bits per heavy atom. The zero-order chi connectivity index (χ0) is 14.1. The Labute approximate surface area is 112 Å². The minimum Gasteiger partial charge on any atom is -0.454 e. The molecule has 2 aromatic rings. The summed E-state index contributed by atoms with van der Waals surface area (Å²) in [5.41, 5.74) is 2.01. The van der Waals surface area contributed by atoms with Gasteiger partial charge in [-0.25, -0.2) is 14.6 Å². The molecule has 20 heavy (non-hydrogen) atoms. The van der Waals surface area contributed by atoms with Crippen molar-refractivity contribution in [1.82, 2.24) is 4.98 Å². The van der Waals surface area contributed by atoms with Crippen molar-refractivity contribution in [3.63, 3.8) is 0 Å². The molecule has 1 aliphatic rings. The molecule has 0 atom stereocenters. The molecule has 0 bridgehead atoms. The summed E-state index contributed by atoms with van der Waals surface area (Å²) in [7, 11) is 0. The van der Waals surface area contributed by atoms with Crippen molar-refractivity contribution < 1.29 is 23.0 Å². The number of benzene rings is 1. The van der Waals surface area contributed by atoms with E-state index in [1.807, 2.05) is 5.43 Å². The van der Waals surface area contributed by atoms with Gasteiger partial charge in [-0.1, -0.05) is 0 Å². The molecular weight excluding hydrogens is 272 g/mol. The Hall–Kier alpha value is -2.61. The van der Waals surface area contributed by atoms with E-state index in [2.05, 4.69) is 4.98 Å². The predicted octanol–water partition coefficient (Wildman–Crippen LogP) is 2.17. The number of nitrogens with one attached hydrogen (secondary N) is 1. The number of hydrazine groups is 1. The van der Waals surface area contributed by atoms with Crippen molar-refractivity contribution in [2.75, 3.05) is 12.2 Å². The molecule has 0 radical (unpaired) electrons. The topological polar surface area (TPSA) is 78.6 Å². The predicted molar refractivity (Wildman–Crippen MR) is 64.6 cm³/mol. The van der Waals surface area contributed by atoms with E-state index >= 15 is 0 Å². The minimum atomic E-state index is -0.945. The maximum atomic E-state index is 13.6. The first-order valence-corrected chi connectivity index (χ1v) is 5.57. The summed E-state index contributed by atoms with van der Waals surface area (Å²) in [6.07, 6.45) is 0. The Bertz CT molecular complexity index is 667. The fourth-order valence-electron chi connectivity index (χ4n) is 1.67. The number of anilines is 1. The standard InChI is InChI=1S/C12H9F2N3O3/c13-7-4-8(14)12(16-11(7)17-15)20-6-1-2-9-10(3-6)19-5-18-9/h1-4H,5,15H2,(H,16,17). The second kappa shape index (κ2) is 4.82. The molecule has 6 nitrogen and oxygen atoms in total. The van der Waals surface area contributed by atoms with E-state index in [1.54, 1.807) is 12.1 Å². The van der Waals surface area contributed by atoms with Gasteiger partial charge in [0, 0.05) is 12.1 Å². The van der Waals surface area contributed by atoms with Gasteiger partial charge in [-0.05, 0) is 12.1 Å². The van der Waals surface area contributed by atoms with Gasteiger partial charge in [0.2, 0.25) is 6.79 Å². The number of hydrogen-bond acceptors (Lipinski definition) is 6. The van der Waals surface area contributed by atoms with Gasteiger partial charge in [0.15, 0.2) is 29.0 Å². The molecule has 0 aliphatic carbocycles. The fraction of sp³-hybridized carbons (Fsp3) is 0.0833. The zero-order valence-electron chi connectivity index (χ0n) is 10.0. The fourth-order valence-corrected chi connectivity index (χ4v) is 1.67. The number of hydrogen-bond donors (Lipinski definition) is 2. The number of pyridine rings is 1. The van der Waals surface area contributed by atoms with E-state index in [4.69, 9.17) is 20.1 Å².